The van der Waals surface area contributed by atoms with E-state index in [0.717, 1.165) is 9.13 Å². The first-order valence-electron chi connectivity index (χ1n) is 7.14. The van der Waals surface area contributed by atoms with Crippen molar-refractivity contribution in [3.8, 4) is 0 Å². The zero-order valence-corrected chi connectivity index (χ0v) is 16.1. The molecule has 1 amide bonds. The summed E-state index contributed by atoms with van der Waals surface area (Å²) in [5, 5.41) is 2.21. The van der Waals surface area contributed by atoms with Crippen LogP contribution in [0.4, 0.5) is 5.69 Å². The van der Waals surface area contributed by atoms with Crippen LogP contribution in [0.1, 0.15) is 29.8 Å². The minimum absolute atomic E-state index is 0.0654. The molecule has 0 radical (unpaired) electrons. The summed E-state index contributed by atoms with van der Waals surface area (Å²) in [4.78, 5) is 12.6. The lowest BCUT2D eigenvalue weighted by molar-refractivity contribution is 0.102. The number of hydrogen-bond acceptors (Lipinski definition) is 3. The Morgan fingerprint density at radius 1 is 1.13 bits per heavy atom. The first-order valence-corrected chi connectivity index (χ1v) is 9.76. The quantitative estimate of drug-likeness (QED) is 0.726. The molecule has 0 spiro atoms. The molecule has 6 heteroatoms. The zero-order valence-electron chi connectivity index (χ0n) is 13.1. The molecule has 0 aliphatic rings. The van der Waals surface area contributed by atoms with Crippen LogP contribution in [0.15, 0.2) is 47.4 Å². The molecule has 0 aromatic heterocycles. The standard InChI is InChI=1S/C17H18INO3S/c1-11(2)23(21,22)16-7-5-4-6-14(16)17(20)19-15-9-8-13(18)10-12(15)3/h4-11H,1-3H3,(H,19,20). The third kappa shape index (κ3) is 3.92. The average Bonchev–Trinajstić information content (AvgIpc) is 2.49. The monoisotopic (exact) mass is 443 g/mol. The van der Waals surface area contributed by atoms with Crippen LogP contribution in [0.3, 0.4) is 0 Å². The number of hydrogen-bond donors (Lipinski definition) is 1. The fraction of sp³-hybridized carbons (Fsp3) is 0.235. The number of anilines is 1. The maximum atomic E-state index is 12.6. The Bertz CT molecular complexity index is 845. The van der Waals surface area contributed by atoms with Gasteiger partial charge in [-0.1, -0.05) is 12.1 Å². The minimum atomic E-state index is -3.52. The van der Waals surface area contributed by atoms with Crippen LogP contribution in [0.25, 0.3) is 0 Å². The lowest BCUT2D eigenvalue weighted by Crippen LogP contribution is -2.21. The highest BCUT2D eigenvalue weighted by Crippen LogP contribution is 2.23. The Kier molecular flexibility index (Phi) is 5.46. The van der Waals surface area contributed by atoms with Crippen molar-refractivity contribution >= 4 is 44.0 Å². The first-order chi connectivity index (χ1) is 10.7. The van der Waals surface area contributed by atoms with Crippen molar-refractivity contribution in [2.24, 2.45) is 0 Å². The highest BCUT2D eigenvalue weighted by atomic mass is 127. The van der Waals surface area contributed by atoms with Crippen molar-refractivity contribution in [1.82, 2.24) is 0 Å². The third-order valence-electron chi connectivity index (χ3n) is 3.50. The second kappa shape index (κ2) is 7.00. The summed E-state index contributed by atoms with van der Waals surface area (Å²) >= 11 is 2.20. The van der Waals surface area contributed by atoms with Crippen LogP contribution < -0.4 is 5.32 Å². The molecule has 0 saturated heterocycles. The number of halogens is 1. The number of carbonyl (C=O) groups is 1. The number of amides is 1. The van der Waals surface area contributed by atoms with Gasteiger partial charge in [-0.3, -0.25) is 4.79 Å². The number of sulfone groups is 1. The summed E-state index contributed by atoms with van der Waals surface area (Å²) < 4.78 is 26.0. The fourth-order valence-corrected chi connectivity index (χ4v) is 4.00. The van der Waals surface area contributed by atoms with E-state index in [-0.39, 0.29) is 10.5 Å². The van der Waals surface area contributed by atoms with Crippen LogP contribution in [0.5, 0.6) is 0 Å². The lowest BCUT2D eigenvalue weighted by Gasteiger charge is -2.14. The number of nitrogens with one attached hydrogen (secondary N) is 1. The SMILES string of the molecule is Cc1cc(I)ccc1NC(=O)c1ccccc1S(=O)(=O)C(C)C. The van der Waals surface area contributed by atoms with E-state index in [1.807, 2.05) is 25.1 Å². The predicted octanol–water partition coefficient (Wildman–Crippen LogP) is 4.03. The van der Waals surface area contributed by atoms with Gasteiger partial charge in [0.2, 0.25) is 0 Å². The molecule has 0 atom stereocenters. The lowest BCUT2D eigenvalue weighted by atomic mass is 10.1. The summed E-state index contributed by atoms with van der Waals surface area (Å²) in [6.45, 7) is 5.11. The average molecular weight is 443 g/mol. The van der Waals surface area contributed by atoms with E-state index in [1.165, 1.54) is 12.1 Å². The molecule has 0 heterocycles. The maximum Gasteiger partial charge on any atom is 0.256 e. The number of aryl methyl sites for hydroxylation is 1. The summed E-state index contributed by atoms with van der Waals surface area (Å²) in [6.07, 6.45) is 0. The van der Waals surface area contributed by atoms with Gasteiger partial charge < -0.3 is 5.32 Å². The fourth-order valence-electron chi connectivity index (χ4n) is 2.11. The second-order valence-corrected chi connectivity index (χ2v) is 9.22. The van der Waals surface area contributed by atoms with E-state index in [1.54, 1.807) is 26.0 Å². The van der Waals surface area contributed by atoms with Gasteiger partial charge in [0.05, 0.1) is 15.7 Å². The number of benzene rings is 2. The zero-order chi connectivity index (χ0) is 17.2. The molecule has 122 valence electrons. The van der Waals surface area contributed by atoms with Gasteiger partial charge in [-0.25, -0.2) is 8.42 Å². The van der Waals surface area contributed by atoms with Gasteiger partial charge in [-0.2, -0.15) is 0 Å². The highest BCUT2D eigenvalue weighted by Gasteiger charge is 2.25. The summed E-state index contributed by atoms with van der Waals surface area (Å²) in [7, 11) is -3.52. The van der Waals surface area contributed by atoms with Crippen molar-refractivity contribution in [2.45, 2.75) is 30.9 Å². The van der Waals surface area contributed by atoms with E-state index in [9.17, 15) is 13.2 Å². The summed E-state index contributed by atoms with van der Waals surface area (Å²) in [5.41, 5.74) is 1.76. The van der Waals surface area contributed by atoms with Crippen LogP contribution in [0.2, 0.25) is 0 Å². The maximum absolute atomic E-state index is 12.6. The molecule has 2 aromatic carbocycles. The van der Waals surface area contributed by atoms with Gasteiger partial charge in [0.25, 0.3) is 5.91 Å². The molecule has 2 rings (SSSR count). The molecule has 0 aliphatic heterocycles. The van der Waals surface area contributed by atoms with Gasteiger partial charge in [0, 0.05) is 9.26 Å². The molecular weight excluding hydrogens is 425 g/mol. The Hall–Kier alpha value is -1.41. The molecule has 0 fully saturated rings. The molecule has 4 nitrogen and oxygen atoms in total. The minimum Gasteiger partial charge on any atom is -0.322 e. The number of rotatable bonds is 4. The van der Waals surface area contributed by atoms with Crippen molar-refractivity contribution in [2.75, 3.05) is 5.32 Å². The second-order valence-electron chi connectivity index (χ2n) is 5.50. The van der Waals surface area contributed by atoms with Gasteiger partial charge in [-0.15, -0.1) is 0 Å². The Morgan fingerprint density at radius 2 is 1.78 bits per heavy atom. The van der Waals surface area contributed by atoms with Gasteiger partial charge >= 0.3 is 0 Å². The Balaban J connectivity index is 2.41. The normalized spacial score (nSPS) is 11.5. The topological polar surface area (TPSA) is 63.2 Å². The molecule has 2 aromatic rings. The highest BCUT2D eigenvalue weighted by molar-refractivity contribution is 14.1. The predicted molar refractivity (Wildman–Crippen MR) is 101 cm³/mol. The third-order valence-corrected chi connectivity index (χ3v) is 6.38. The van der Waals surface area contributed by atoms with E-state index in [2.05, 4.69) is 27.9 Å². The molecule has 0 bridgehead atoms. The van der Waals surface area contributed by atoms with Gasteiger partial charge in [-0.05, 0) is 79.3 Å². The van der Waals surface area contributed by atoms with Crippen LogP contribution in [0, 0.1) is 10.5 Å². The van der Waals surface area contributed by atoms with Gasteiger partial charge in [0.1, 0.15) is 0 Å². The molecule has 1 N–H and O–H groups in total. The molecule has 23 heavy (non-hydrogen) atoms. The van der Waals surface area contributed by atoms with Crippen molar-refractivity contribution in [3.63, 3.8) is 0 Å². The van der Waals surface area contributed by atoms with E-state index in [0.29, 0.717) is 5.69 Å². The largest absolute Gasteiger partial charge is 0.322 e. The van der Waals surface area contributed by atoms with E-state index >= 15 is 0 Å². The number of carbonyl (C=O) groups excluding carboxylic acids is 1. The molecule has 0 saturated carbocycles. The first kappa shape index (κ1) is 17.9. The summed E-state index contributed by atoms with van der Waals surface area (Å²) in [6, 6.07) is 12.0. The van der Waals surface area contributed by atoms with E-state index in [4.69, 9.17) is 0 Å². The van der Waals surface area contributed by atoms with Crippen molar-refractivity contribution < 1.29 is 13.2 Å². The van der Waals surface area contributed by atoms with Crippen LogP contribution in [-0.4, -0.2) is 19.6 Å². The van der Waals surface area contributed by atoms with Crippen molar-refractivity contribution in [1.29, 1.82) is 0 Å². The Morgan fingerprint density at radius 3 is 2.39 bits per heavy atom. The Labute approximate surface area is 150 Å². The van der Waals surface area contributed by atoms with E-state index < -0.39 is 21.0 Å². The van der Waals surface area contributed by atoms with Gasteiger partial charge in [0.15, 0.2) is 9.84 Å². The smallest absolute Gasteiger partial charge is 0.256 e. The molecular formula is C17H18INO3S. The van der Waals surface area contributed by atoms with Crippen LogP contribution in [-0.2, 0) is 9.84 Å². The summed E-state index contributed by atoms with van der Waals surface area (Å²) in [5.74, 6) is -0.422. The molecule has 0 unspecified atom stereocenters. The van der Waals surface area contributed by atoms with Crippen molar-refractivity contribution in [3.05, 3.63) is 57.2 Å². The van der Waals surface area contributed by atoms with Crippen LogP contribution >= 0.6 is 22.6 Å². The molecule has 0 aliphatic carbocycles.